The van der Waals surface area contributed by atoms with E-state index in [1.54, 1.807) is 7.05 Å². The fraction of sp³-hybridized carbons (Fsp3) is 0.929. The molecule has 3 N–H and O–H groups in total. The predicted octanol–water partition coefficient (Wildman–Crippen LogP) is 0.962. The maximum Gasteiger partial charge on any atom is 0.227 e. The Labute approximate surface area is 110 Å². The average Bonchev–Trinajstić information content (AvgIpc) is 2.81. The van der Waals surface area contributed by atoms with Crippen LogP contribution in [0.3, 0.4) is 0 Å². The van der Waals surface area contributed by atoms with Gasteiger partial charge in [0, 0.05) is 19.6 Å². The molecule has 1 aliphatic carbocycles. The van der Waals surface area contributed by atoms with Gasteiger partial charge in [0.05, 0.1) is 5.41 Å². The van der Waals surface area contributed by atoms with Crippen molar-refractivity contribution in [1.29, 1.82) is 0 Å². The van der Waals surface area contributed by atoms with Gasteiger partial charge < -0.3 is 11.1 Å². The number of likely N-dealkylation sites (tertiary alicyclic amines) is 1. The maximum atomic E-state index is 12.0. The summed E-state index contributed by atoms with van der Waals surface area (Å²) in [6.07, 6.45) is 6.12. The molecule has 3 unspecified atom stereocenters. The summed E-state index contributed by atoms with van der Waals surface area (Å²) in [7, 11) is 1.74. The van der Waals surface area contributed by atoms with Crippen molar-refractivity contribution in [2.75, 3.05) is 26.7 Å². The summed E-state index contributed by atoms with van der Waals surface area (Å²) in [6, 6.07) is 0.607. The first-order chi connectivity index (χ1) is 8.60. The molecule has 0 radical (unpaired) electrons. The highest BCUT2D eigenvalue weighted by molar-refractivity contribution is 5.82. The lowest BCUT2D eigenvalue weighted by Crippen LogP contribution is -2.46. The summed E-state index contributed by atoms with van der Waals surface area (Å²) in [5, 5.41) is 2.81. The van der Waals surface area contributed by atoms with E-state index >= 15 is 0 Å². The smallest absolute Gasteiger partial charge is 0.227 e. The van der Waals surface area contributed by atoms with Crippen LogP contribution in [0.4, 0.5) is 0 Å². The molecule has 1 saturated heterocycles. The molecule has 18 heavy (non-hydrogen) atoms. The topological polar surface area (TPSA) is 58.4 Å². The van der Waals surface area contributed by atoms with Crippen molar-refractivity contribution in [2.24, 2.45) is 17.1 Å². The van der Waals surface area contributed by atoms with Crippen LogP contribution in [0.2, 0.25) is 0 Å². The minimum atomic E-state index is -0.203. The number of nitrogens with two attached hydrogens (primary N) is 1. The molecule has 0 aromatic carbocycles. The Morgan fingerprint density at radius 3 is 2.83 bits per heavy atom. The zero-order valence-corrected chi connectivity index (χ0v) is 11.7. The molecule has 2 aliphatic rings. The van der Waals surface area contributed by atoms with E-state index in [-0.39, 0.29) is 11.3 Å². The van der Waals surface area contributed by atoms with Gasteiger partial charge in [-0.1, -0.05) is 12.8 Å². The van der Waals surface area contributed by atoms with E-state index in [0.29, 0.717) is 12.0 Å². The van der Waals surface area contributed by atoms with Crippen molar-refractivity contribution in [2.45, 2.75) is 45.1 Å². The molecule has 1 aliphatic heterocycles. The van der Waals surface area contributed by atoms with Gasteiger partial charge in [0.15, 0.2) is 0 Å². The van der Waals surface area contributed by atoms with Crippen LogP contribution < -0.4 is 11.1 Å². The van der Waals surface area contributed by atoms with Crippen molar-refractivity contribution in [3.05, 3.63) is 0 Å². The number of hydrogen-bond donors (Lipinski definition) is 2. The Kier molecular flexibility index (Phi) is 4.28. The first-order valence-corrected chi connectivity index (χ1v) is 7.27. The summed E-state index contributed by atoms with van der Waals surface area (Å²) in [4.78, 5) is 14.5. The van der Waals surface area contributed by atoms with Crippen molar-refractivity contribution in [3.8, 4) is 0 Å². The van der Waals surface area contributed by atoms with Crippen molar-refractivity contribution in [3.63, 3.8) is 0 Å². The lowest BCUT2D eigenvalue weighted by molar-refractivity contribution is -0.129. The molecule has 1 amide bonds. The monoisotopic (exact) mass is 253 g/mol. The average molecular weight is 253 g/mol. The Hall–Kier alpha value is -0.610. The Morgan fingerprint density at radius 2 is 2.17 bits per heavy atom. The quantitative estimate of drug-likeness (QED) is 0.788. The second-order valence-corrected chi connectivity index (χ2v) is 6.21. The van der Waals surface area contributed by atoms with Gasteiger partial charge in [-0.15, -0.1) is 0 Å². The van der Waals surface area contributed by atoms with Gasteiger partial charge in [0.1, 0.15) is 0 Å². The van der Waals surface area contributed by atoms with Crippen LogP contribution in [-0.2, 0) is 4.79 Å². The number of rotatable bonds is 3. The Balaban J connectivity index is 2.01. The maximum absolute atomic E-state index is 12.0. The zero-order chi connectivity index (χ0) is 13.2. The second kappa shape index (κ2) is 5.57. The van der Waals surface area contributed by atoms with E-state index in [4.69, 9.17) is 5.73 Å². The second-order valence-electron chi connectivity index (χ2n) is 6.21. The standard InChI is InChI=1S/C14H27N3O/c1-14(13(18)16-2)7-8-17(10-14)12-6-4-3-5-11(12)9-15/h11-12H,3-10,15H2,1-2H3,(H,16,18). The third kappa shape index (κ3) is 2.54. The summed E-state index contributed by atoms with van der Waals surface area (Å²) in [5.74, 6) is 0.816. The summed E-state index contributed by atoms with van der Waals surface area (Å²) in [5.41, 5.74) is 5.71. The molecule has 4 nitrogen and oxygen atoms in total. The number of carbonyl (C=O) groups excluding carboxylic acids is 1. The summed E-state index contributed by atoms with van der Waals surface area (Å²) < 4.78 is 0. The summed E-state index contributed by atoms with van der Waals surface area (Å²) in [6.45, 7) is 4.82. The van der Waals surface area contributed by atoms with E-state index in [0.717, 1.165) is 26.1 Å². The van der Waals surface area contributed by atoms with Gasteiger partial charge in [0.25, 0.3) is 0 Å². The number of carbonyl (C=O) groups is 1. The number of nitrogens with one attached hydrogen (secondary N) is 1. The van der Waals surface area contributed by atoms with E-state index in [1.807, 2.05) is 0 Å². The fourth-order valence-corrected chi connectivity index (χ4v) is 3.71. The minimum absolute atomic E-state index is 0.185. The molecule has 0 aromatic rings. The third-order valence-corrected chi connectivity index (χ3v) is 4.92. The van der Waals surface area contributed by atoms with Gasteiger partial charge in [-0.25, -0.2) is 0 Å². The molecular formula is C14H27N3O. The van der Waals surface area contributed by atoms with Crippen molar-refractivity contribution < 1.29 is 4.79 Å². The molecule has 4 heteroatoms. The van der Waals surface area contributed by atoms with Crippen LogP contribution in [0.15, 0.2) is 0 Å². The lowest BCUT2D eigenvalue weighted by Gasteiger charge is -2.38. The van der Waals surface area contributed by atoms with Gasteiger partial charge >= 0.3 is 0 Å². The van der Waals surface area contributed by atoms with Crippen LogP contribution in [0.1, 0.15) is 39.0 Å². The number of hydrogen-bond acceptors (Lipinski definition) is 3. The van der Waals surface area contributed by atoms with E-state index in [9.17, 15) is 4.79 Å². The van der Waals surface area contributed by atoms with E-state index < -0.39 is 0 Å². The van der Waals surface area contributed by atoms with Gasteiger partial charge in [-0.2, -0.15) is 0 Å². The van der Waals surface area contributed by atoms with Crippen LogP contribution >= 0.6 is 0 Å². The fourth-order valence-electron chi connectivity index (χ4n) is 3.71. The van der Waals surface area contributed by atoms with E-state index in [1.165, 1.54) is 25.7 Å². The molecule has 1 saturated carbocycles. The molecule has 2 rings (SSSR count). The number of amides is 1. The highest BCUT2D eigenvalue weighted by Crippen LogP contribution is 2.36. The van der Waals surface area contributed by atoms with Crippen molar-refractivity contribution >= 4 is 5.91 Å². The third-order valence-electron chi connectivity index (χ3n) is 4.92. The van der Waals surface area contributed by atoms with Crippen molar-refractivity contribution in [1.82, 2.24) is 10.2 Å². The molecule has 1 heterocycles. The first-order valence-electron chi connectivity index (χ1n) is 7.27. The zero-order valence-electron chi connectivity index (χ0n) is 11.7. The Bertz CT molecular complexity index is 307. The first kappa shape index (κ1) is 13.8. The molecule has 3 atom stereocenters. The van der Waals surface area contributed by atoms with Crippen LogP contribution in [-0.4, -0.2) is 43.5 Å². The van der Waals surface area contributed by atoms with Crippen LogP contribution in [0, 0.1) is 11.3 Å². The van der Waals surface area contributed by atoms with E-state index in [2.05, 4.69) is 17.1 Å². The number of nitrogens with zero attached hydrogens (tertiary/aromatic N) is 1. The van der Waals surface area contributed by atoms with Gasteiger partial charge in [-0.3, -0.25) is 9.69 Å². The SMILES string of the molecule is CNC(=O)C1(C)CCN(C2CCCCC2CN)C1. The minimum Gasteiger partial charge on any atom is -0.359 e. The predicted molar refractivity (Wildman–Crippen MR) is 73.2 cm³/mol. The van der Waals surface area contributed by atoms with Gasteiger partial charge in [0.2, 0.25) is 5.91 Å². The van der Waals surface area contributed by atoms with Gasteiger partial charge in [-0.05, 0) is 45.2 Å². The molecule has 0 aromatic heterocycles. The molecular weight excluding hydrogens is 226 g/mol. The molecule has 0 spiro atoms. The highest BCUT2D eigenvalue weighted by Gasteiger charge is 2.43. The summed E-state index contributed by atoms with van der Waals surface area (Å²) >= 11 is 0. The lowest BCUT2D eigenvalue weighted by atomic mass is 9.83. The Morgan fingerprint density at radius 1 is 1.44 bits per heavy atom. The normalized spacial score (nSPS) is 37.7. The largest absolute Gasteiger partial charge is 0.359 e. The molecule has 2 fully saturated rings. The molecule has 0 bridgehead atoms. The highest BCUT2D eigenvalue weighted by atomic mass is 16.2. The van der Waals surface area contributed by atoms with Crippen LogP contribution in [0.25, 0.3) is 0 Å². The van der Waals surface area contributed by atoms with Crippen LogP contribution in [0.5, 0.6) is 0 Å². The molecule has 104 valence electrons.